The Balaban J connectivity index is 1.81. The number of rotatable bonds is 6. The first kappa shape index (κ1) is 12.8. The van der Waals surface area contributed by atoms with E-state index in [-0.39, 0.29) is 0 Å². The van der Waals surface area contributed by atoms with Gasteiger partial charge in [-0.25, -0.2) is 0 Å². The molecule has 0 saturated heterocycles. The third-order valence-corrected chi connectivity index (χ3v) is 2.87. The molecule has 2 rings (SSSR count). The fraction of sp³-hybridized carbons (Fsp3) is 0.400. The van der Waals surface area contributed by atoms with Crippen LogP contribution in [-0.2, 0) is 19.6 Å². The molecule has 2 heterocycles. The summed E-state index contributed by atoms with van der Waals surface area (Å²) in [5.41, 5.74) is 3.50. The van der Waals surface area contributed by atoms with Gasteiger partial charge in [-0.05, 0) is 37.1 Å². The lowest BCUT2D eigenvalue weighted by molar-refractivity contribution is 0.662. The van der Waals surface area contributed by atoms with E-state index in [0.29, 0.717) is 0 Å². The van der Waals surface area contributed by atoms with Gasteiger partial charge in [0.25, 0.3) is 0 Å². The minimum atomic E-state index is 0.820. The zero-order valence-electron chi connectivity index (χ0n) is 11.2. The summed E-state index contributed by atoms with van der Waals surface area (Å²) in [6, 6.07) is 8.31. The summed E-state index contributed by atoms with van der Waals surface area (Å²) in [6.07, 6.45) is 5.53. The lowest BCUT2D eigenvalue weighted by Gasteiger charge is -2.04. The number of aromatic nitrogens is 2. The van der Waals surface area contributed by atoms with Gasteiger partial charge >= 0.3 is 0 Å². The van der Waals surface area contributed by atoms with Crippen LogP contribution in [0.2, 0.25) is 0 Å². The van der Waals surface area contributed by atoms with Crippen molar-refractivity contribution < 1.29 is 0 Å². The molecule has 3 heteroatoms. The summed E-state index contributed by atoms with van der Waals surface area (Å²) in [5, 5.41) is 3.42. The fourth-order valence-electron chi connectivity index (χ4n) is 2.03. The highest BCUT2D eigenvalue weighted by molar-refractivity contribution is 5.12. The van der Waals surface area contributed by atoms with Crippen molar-refractivity contribution >= 4 is 0 Å². The first-order valence-electron chi connectivity index (χ1n) is 6.56. The molecule has 1 N–H and O–H groups in total. The predicted octanol–water partition coefficient (Wildman–Crippen LogP) is 2.89. The number of pyridine rings is 1. The molecule has 18 heavy (non-hydrogen) atoms. The minimum Gasteiger partial charge on any atom is -0.354 e. The van der Waals surface area contributed by atoms with Crippen LogP contribution in [0.25, 0.3) is 0 Å². The van der Waals surface area contributed by atoms with Crippen LogP contribution in [0, 0.1) is 6.92 Å². The van der Waals surface area contributed by atoms with Gasteiger partial charge < -0.3 is 9.88 Å². The normalized spacial score (nSPS) is 10.8. The second kappa shape index (κ2) is 6.36. The van der Waals surface area contributed by atoms with Crippen molar-refractivity contribution in [2.24, 2.45) is 0 Å². The van der Waals surface area contributed by atoms with Crippen molar-refractivity contribution in [2.75, 3.05) is 0 Å². The number of hydrogen-bond donors (Lipinski definition) is 1. The van der Waals surface area contributed by atoms with Gasteiger partial charge in [-0.2, -0.15) is 0 Å². The summed E-state index contributed by atoms with van der Waals surface area (Å²) in [6.45, 7) is 7.03. The highest BCUT2D eigenvalue weighted by Gasteiger charge is 1.98. The van der Waals surface area contributed by atoms with E-state index >= 15 is 0 Å². The van der Waals surface area contributed by atoms with E-state index < -0.39 is 0 Å². The maximum absolute atomic E-state index is 4.47. The van der Waals surface area contributed by atoms with E-state index in [9.17, 15) is 0 Å². The third-order valence-electron chi connectivity index (χ3n) is 2.87. The van der Waals surface area contributed by atoms with Crippen LogP contribution in [0.5, 0.6) is 0 Å². The summed E-state index contributed by atoms with van der Waals surface area (Å²) in [7, 11) is 0. The second-order valence-corrected chi connectivity index (χ2v) is 4.63. The van der Waals surface area contributed by atoms with Gasteiger partial charge in [0, 0.05) is 37.7 Å². The van der Waals surface area contributed by atoms with E-state index in [0.717, 1.165) is 31.0 Å². The molecule has 0 bridgehead atoms. The second-order valence-electron chi connectivity index (χ2n) is 4.63. The Hall–Kier alpha value is -1.61. The Morgan fingerprint density at radius 1 is 1.22 bits per heavy atom. The molecule has 0 aliphatic rings. The Morgan fingerprint density at radius 3 is 2.89 bits per heavy atom. The zero-order valence-corrected chi connectivity index (χ0v) is 11.2. The average Bonchev–Trinajstić information content (AvgIpc) is 2.78. The van der Waals surface area contributed by atoms with Crippen molar-refractivity contribution in [2.45, 2.75) is 39.9 Å². The number of aryl methyl sites for hydroxylation is 2. The van der Waals surface area contributed by atoms with Crippen LogP contribution in [-0.4, -0.2) is 9.55 Å². The van der Waals surface area contributed by atoms with Gasteiger partial charge in [-0.15, -0.1) is 0 Å². The molecule has 0 aliphatic heterocycles. The molecule has 96 valence electrons. The minimum absolute atomic E-state index is 0.820. The Morgan fingerprint density at radius 2 is 2.11 bits per heavy atom. The molecule has 0 spiro atoms. The van der Waals surface area contributed by atoms with Crippen LogP contribution in [0.15, 0.2) is 36.7 Å². The van der Waals surface area contributed by atoms with Crippen LogP contribution < -0.4 is 5.32 Å². The van der Waals surface area contributed by atoms with Crippen molar-refractivity contribution in [3.05, 3.63) is 53.6 Å². The average molecular weight is 243 g/mol. The summed E-state index contributed by atoms with van der Waals surface area (Å²) in [5.74, 6) is 0. The van der Waals surface area contributed by atoms with Gasteiger partial charge in [0.15, 0.2) is 0 Å². The standard InChI is InChI=1S/C15H21N3/c1-3-8-18-9-7-14(12-18)10-16-11-15-6-4-5-13(2)17-15/h4-7,9,12,16H,3,8,10-11H2,1-2H3. The number of nitrogens with zero attached hydrogens (tertiary/aromatic N) is 2. The topological polar surface area (TPSA) is 29.9 Å². The molecule has 2 aromatic rings. The maximum Gasteiger partial charge on any atom is 0.0544 e. The highest BCUT2D eigenvalue weighted by atomic mass is 14.9. The first-order chi connectivity index (χ1) is 8.78. The smallest absolute Gasteiger partial charge is 0.0544 e. The summed E-state index contributed by atoms with van der Waals surface area (Å²) < 4.78 is 2.24. The van der Waals surface area contributed by atoms with E-state index in [1.165, 1.54) is 12.0 Å². The van der Waals surface area contributed by atoms with Crippen LogP contribution in [0.4, 0.5) is 0 Å². The van der Waals surface area contributed by atoms with Gasteiger partial charge in [0.1, 0.15) is 0 Å². The number of nitrogens with one attached hydrogen (secondary N) is 1. The van der Waals surface area contributed by atoms with E-state index in [2.05, 4.69) is 52.4 Å². The molecule has 0 aliphatic carbocycles. The Bertz CT molecular complexity index is 488. The molecule has 0 fully saturated rings. The molecule has 3 nitrogen and oxygen atoms in total. The van der Waals surface area contributed by atoms with Crippen molar-refractivity contribution in [1.82, 2.24) is 14.9 Å². The molecule has 0 radical (unpaired) electrons. The maximum atomic E-state index is 4.47. The molecule has 0 unspecified atom stereocenters. The molecule has 0 amide bonds. The quantitative estimate of drug-likeness (QED) is 0.845. The lowest BCUT2D eigenvalue weighted by atomic mass is 10.3. The van der Waals surface area contributed by atoms with Gasteiger partial charge in [-0.3, -0.25) is 4.98 Å². The summed E-state index contributed by atoms with van der Waals surface area (Å²) >= 11 is 0. The van der Waals surface area contributed by atoms with Crippen LogP contribution >= 0.6 is 0 Å². The molecular weight excluding hydrogens is 222 g/mol. The van der Waals surface area contributed by atoms with E-state index in [1.54, 1.807) is 0 Å². The predicted molar refractivity (Wildman–Crippen MR) is 74.2 cm³/mol. The van der Waals surface area contributed by atoms with Crippen molar-refractivity contribution in [3.8, 4) is 0 Å². The first-order valence-corrected chi connectivity index (χ1v) is 6.56. The van der Waals surface area contributed by atoms with Gasteiger partial charge in [-0.1, -0.05) is 13.0 Å². The Kier molecular flexibility index (Phi) is 4.53. The van der Waals surface area contributed by atoms with E-state index in [1.807, 2.05) is 13.0 Å². The third kappa shape index (κ3) is 3.70. The van der Waals surface area contributed by atoms with Crippen LogP contribution in [0.3, 0.4) is 0 Å². The van der Waals surface area contributed by atoms with E-state index in [4.69, 9.17) is 0 Å². The molecule has 0 aromatic carbocycles. The zero-order chi connectivity index (χ0) is 12.8. The van der Waals surface area contributed by atoms with Crippen molar-refractivity contribution in [1.29, 1.82) is 0 Å². The molecule has 0 atom stereocenters. The monoisotopic (exact) mass is 243 g/mol. The van der Waals surface area contributed by atoms with Crippen LogP contribution in [0.1, 0.15) is 30.3 Å². The Labute approximate surface area is 109 Å². The van der Waals surface area contributed by atoms with Gasteiger partial charge in [0.2, 0.25) is 0 Å². The van der Waals surface area contributed by atoms with Gasteiger partial charge in [0.05, 0.1) is 5.69 Å². The SMILES string of the molecule is CCCn1ccc(CNCc2cccc(C)n2)c1. The molecule has 2 aromatic heterocycles. The number of hydrogen-bond acceptors (Lipinski definition) is 2. The molecule has 0 saturated carbocycles. The lowest BCUT2D eigenvalue weighted by Crippen LogP contribution is -2.13. The van der Waals surface area contributed by atoms with Crippen molar-refractivity contribution in [3.63, 3.8) is 0 Å². The molecular formula is C15H21N3. The largest absolute Gasteiger partial charge is 0.354 e. The fourth-order valence-corrected chi connectivity index (χ4v) is 2.03. The summed E-state index contributed by atoms with van der Waals surface area (Å²) in [4.78, 5) is 4.47. The highest BCUT2D eigenvalue weighted by Crippen LogP contribution is 2.03.